The molecule has 0 radical (unpaired) electrons. The molecule has 5 rings (SSSR count). The lowest BCUT2D eigenvalue weighted by molar-refractivity contribution is 0.0255. The summed E-state index contributed by atoms with van der Waals surface area (Å²) in [5.41, 5.74) is 2.31. The number of carbonyl (C=O) groups is 2. The van der Waals surface area contributed by atoms with Gasteiger partial charge < -0.3 is 34.9 Å². The zero-order valence-electron chi connectivity index (χ0n) is 33.0. The summed E-state index contributed by atoms with van der Waals surface area (Å²) >= 11 is 0. The van der Waals surface area contributed by atoms with Gasteiger partial charge in [-0.25, -0.2) is 14.5 Å². The predicted molar refractivity (Wildman–Crippen MR) is 218 cm³/mol. The highest BCUT2D eigenvalue weighted by Crippen LogP contribution is 2.35. The molecule has 14 nitrogen and oxygen atoms in total. The maximum absolute atomic E-state index is 13.4. The Kier molecular flexibility index (Phi) is 13.6. The molecule has 0 saturated carbocycles. The molecule has 0 unspecified atom stereocenters. The lowest BCUT2D eigenvalue weighted by Crippen LogP contribution is -2.28. The number of nitrogens with zero attached hydrogens (tertiary/aromatic N) is 4. The summed E-state index contributed by atoms with van der Waals surface area (Å²) in [5.74, 6) is 3.90. The zero-order chi connectivity index (χ0) is 40.3. The normalized spacial score (nSPS) is 11.5. The molecule has 294 valence electrons. The van der Waals surface area contributed by atoms with Gasteiger partial charge >= 0.3 is 6.03 Å². The molecule has 0 saturated heterocycles. The SMILES string of the molecule is C#Cc1cc(Nc2nccc(Oc3ccc(NC(=O)Nc4cc(C(C)(C)C)nn4C(C)(C)C)c4ccccc34)n2)cc(C(=O)NCCOCCOCCOC)c1. The number of urea groups is 1. The van der Waals surface area contributed by atoms with E-state index in [1.54, 1.807) is 49.7 Å². The highest BCUT2D eigenvalue weighted by atomic mass is 16.5. The Bertz CT molecular complexity index is 2180. The van der Waals surface area contributed by atoms with Gasteiger partial charge in [-0.2, -0.15) is 10.1 Å². The Morgan fingerprint density at radius 2 is 1.59 bits per heavy atom. The number of carbonyl (C=O) groups excluding carboxylic acids is 2. The number of amides is 3. The van der Waals surface area contributed by atoms with Crippen molar-refractivity contribution in [1.82, 2.24) is 25.1 Å². The van der Waals surface area contributed by atoms with Crippen molar-refractivity contribution in [2.24, 2.45) is 0 Å². The van der Waals surface area contributed by atoms with Crippen molar-refractivity contribution in [3.63, 3.8) is 0 Å². The highest BCUT2D eigenvalue weighted by molar-refractivity contribution is 6.07. The zero-order valence-corrected chi connectivity index (χ0v) is 33.0. The van der Waals surface area contributed by atoms with Gasteiger partial charge in [0.25, 0.3) is 5.91 Å². The maximum Gasteiger partial charge on any atom is 0.324 e. The minimum absolute atomic E-state index is 0.192. The van der Waals surface area contributed by atoms with Crippen LogP contribution in [0.2, 0.25) is 0 Å². The third-order valence-corrected chi connectivity index (χ3v) is 8.29. The van der Waals surface area contributed by atoms with Crippen molar-refractivity contribution < 1.29 is 28.5 Å². The molecule has 4 N–H and O–H groups in total. The number of anilines is 4. The molecule has 2 heterocycles. The Labute approximate surface area is 327 Å². The molecule has 0 spiro atoms. The first-order chi connectivity index (χ1) is 26.7. The number of rotatable bonds is 16. The molecule has 0 atom stereocenters. The molecule has 0 aliphatic rings. The van der Waals surface area contributed by atoms with E-state index in [0.29, 0.717) is 73.6 Å². The molecule has 5 aromatic rings. The van der Waals surface area contributed by atoms with Gasteiger partial charge in [0.05, 0.1) is 50.0 Å². The van der Waals surface area contributed by atoms with Gasteiger partial charge in [0.15, 0.2) is 0 Å². The fraction of sp³-hybridized carbons (Fsp3) is 0.357. The minimum atomic E-state index is -0.402. The second-order valence-corrected chi connectivity index (χ2v) is 14.8. The van der Waals surface area contributed by atoms with E-state index in [1.165, 1.54) is 0 Å². The number of terminal acetylenes is 1. The van der Waals surface area contributed by atoms with Crippen molar-refractivity contribution in [2.45, 2.75) is 52.5 Å². The Balaban J connectivity index is 1.25. The van der Waals surface area contributed by atoms with Gasteiger partial charge in [-0.1, -0.05) is 51.0 Å². The highest BCUT2D eigenvalue weighted by Gasteiger charge is 2.26. The van der Waals surface area contributed by atoms with Crippen molar-refractivity contribution in [3.8, 4) is 24.0 Å². The average Bonchev–Trinajstić information content (AvgIpc) is 3.60. The van der Waals surface area contributed by atoms with Crippen LogP contribution in [0.1, 0.15) is 63.2 Å². The Morgan fingerprint density at radius 1 is 0.857 bits per heavy atom. The second kappa shape index (κ2) is 18.5. The van der Waals surface area contributed by atoms with Gasteiger partial charge in [-0.15, -0.1) is 6.42 Å². The smallest absolute Gasteiger partial charge is 0.324 e. The lowest BCUT2D eigenvalue weighted by Gasteiger charge is -2.23. The summed E-state index contributed by atoms with van der Waals surface area (Å²) in [6.07, 6.45) is 7.27. The Hall–Kier alpha value is -6.01. The quantitative estimate of drug-likeness (QED) is 0.0587. The van der Waals surface area contributed by atoms with Crippen LogP contribution in [0, 0.1) is 12.3 Å². The van der Waals surface area contributed by atoms with E-state index in [4.69, 9.17) is 30.5 Å². The van der Waals surface area contributed by atoms with Crippen LogP contribution >= 0.6 is 0 Å². The maximum atomic E-state index is 13.4. The number of fused-ring (bicyclic) bond motifs is 1. The molecule has 2 aromatic heterocycles. The van der Waals surface area contributed by atoms with Crippen LogP contribution in [0.4, 0.5) is 27.9 Å². The molecule has 0 bridgehead atoms. The molecule has 3 amide bonds. The topological polar surface area (TPSA) is 163 Å². The molecular weight excluding hydrogens is 713 g/mol. The first-order valence-electron chi connectivity index (χ1n) is 18.3. The van der Waals surface area contributed by atoms with E-state index >= 15 is 0 Å². The lowest BCUT2D eigenvalue weighted by atomic mass is 9.92. The number of methoxy groups -OCH3 is 1. The van der Waals surface area contributed by atoms with Crippen LogP contribution in [-0.4, -0.2) is 78.4 Å². The van der Waals surface area contributed by atoms with E-state index in [9.17, 15) is 9.59 Å². The number of aromatic nitrogens is 4. The van der Waals surface area contributed by atoms with Gasteiger partial charge in [0.2, 0.25) is 11.8 Å². The molecule has 56 heavy (non-hydrogen) atoms. The van der Waals surface area contributed by atoms with Crippen LogP contribution in [-0.2, 0) is 25.2 Å². The van der Waals surface area contributed by atoms with E-state index in [1.807, 2.05) is 55.8 Å². The molecule has 0 aliphatic heterocycles. The van der Waals surface area contributed by atoms with Crippen LogP contribution in [0.15, 0.2) is 72.9 Å². The van der Waals surface area contributed by atoms with Crippen LogP contribution < -0.4 is 26.0 Å². The minimum Gasteiger partial charge on any atom is -0.438 e. The number of hydrogen-bond donors (Lipinski definition) is 4. The molecule has 3 aromatic carbocycles. The number of nitrogens with one attached hydrogen (secondary N) is 4. The number of benzene rings is 3. The van der Waals surface area contributed by atoms with Crippen molar-refractivity contribution >= 4 is 45.9 Å². The van der Waals surface area contributed by atoms with Gasteiger partial charge in [-0.3, -0.25) is 10.1 Å². The first-order valence-corrected chi connectivity index (χ1v) is 18.3. The third kappa shape index (κ3) is 11.3. The van der Waals surface area contributed by atoms with E-state index in [0.717, 1.165) is 16.5 Å². The van der Waals surface area contributed by atoms with Gasteiger partial charge in [0.1, 0.15) is 11.6 Å². The molecule has 14 heteroatoms. The molecule has 0 fully saturated rings. The van der Waals surface area contributed by atoms with Crippen molar-refractivity contribution in [2.75, 3.05) is 62.6 Å². The summed E-state index contributed by atoms with van der Waals surface area (Å²) in [7, 11) is 1.61. The summed E-state index contributed by atoms with van der Waals surface area (Å²) in [6.45, 7) is 14.9. The predicted octanol–water partition coefficient (Wildman–Crippen LogP) is 7.45. The third-order valence-electron chi connectivity index (χ3n) is 8.29. The summed E-state index contributed by atoms with van der Waals surface area (Å²) in [5, 5.41) is 18.3. The standard InChI is InChI=1S/C42H50N8O6/c1-9-28-24-29(38(51)43-18-19-54-22-23-55-21-20-53-8)26-30(25-28)45-39-44-17-16-37(48-39)56-34-15-14-33(31-12-10-11-13-32(31)34)46-40(52)47-36-27-35(41(2,3)4)49-50(36)42(5,6)7/h1,10-17,24-27H,18-23H2,2-8H3,(H,43,51)(H,44,45,48)(H2,46,47,52). The summed E-state index contributed by atoms with van der Waals surface area (Å²) in [6, 6.07) is 19.3. The average molecular weight is 763 g/mol. The summed E-state index contributed by atoms with van der Waals surface area (Å²) < 4.78 is 23.9. The Morgan fingerprint density at radius 3 is 2.30 bits per heavy atom. The van der Waals surface area contributed by atoms with E-state index < -0.39 is 6.03 Å². The molecule has 0 aliphatic carbocycles. The van der Waals surface area contributed by atoms with Crippen molar-refractivity contribution in [3.05, 3.63) is 89.7 Å². The second-order valence-electron chi connectivity index (χ2n) is 14.8. The summed E-state index contributed by atoms with van der Waals surface area (Å²) in [4.78, 5) is 35.2. The van der Waals surface area contributed by atoms with Crippen LogP contribution in [0.5, 0.6) is 11.6 Å². The fourth-order valence-electron chi connectivity index (χ4n) is 5.51. The first kappa shape index (κ1) is 41.2. The van der Waals surface area contributed by atoms with Gasteiger partial charge in [-0.05, 0) is 51.1 Å². The number of hydrogen-bond acceptors (Lipinski definition) is 10. The molecular formula is C42H50N8O6. The van der Waals surface area contributed by atoms with E-state index in [-0.39, 0.29) is 28.7 Å². The number of ether oxygens (including phenoxy) is 4. The van der Waals surface area contributed by atoms with Crippen molar-refractivity contribution in [1.29, 1.82) is 0 Å². The van der Waals surface area contributed by atoms with Crippen LogP contribution in [0.3, 0.4) is 0 Å². The van der Waals surface area contributed by atoms with Crippen LogP contribution in [0.25, 0.3) is 10.8 Å². The van der Waals surface area contributed by atoms with Gasteiger partial charge in [0, 0.05) is 65.0 Å². The fourth-order valence-corrected chi connectivity index (χ4v) is 5.51. The van der Waals surface area contributed by atoms with E-state index in [2.05, 4.69) is 57.9 Å². The largest absolute Gasteiger partial charge is 0.438 e. The monoisotopic (exact) mass is 762 g/mol.